The highest BCUT2D eigenvalue weighted by Gasteiger charge is 2.35. The predicted octanol–water partition coefficient (Wildman–Crippen LogP) is 3.98. The summed E-state index contributed by atoms with van der Waals surface area (Å²) in [6.45, 7) is 10.3. The smallest absolute Gasteiger partial charge is 0.160 e. The lowest BCUT2D eigenvalue weighted by atomic mass is 10.1. The van der Waals surface area contributed by atoms with Crippen molar-refractivity contribution in [2.45, 2.75) is 59.5 Å². The van der Waals surface area contributed by atoms with Crippen LogP contribution in [0.5, 0.6) is 0 Å². The Bertz CT molecular complexity index is 444. The van der Waals surface area contributed by atoms with E-state index in [4.69, 9.17) is 14.7 Å². The normalized spacial score (nSPS) is 16.2. The van der Waals surface area contributed by atoms with E-state index in [-0.39, 0.29) is 6.10 Å². The van der Waals surface area contributed by atoms with E-state index in [0.29, 0.717) is 11.8 Å². The van der Waals surface area contributed by atoms with Crippen molar-refractivity contribution < 1.29 is 4.74 Å². The number of aromatic nitrogens is 2. The van der Waals surface area contributed by atoms with Gasteiger partial charge in [-0.05, 0) is 44.4 Å². The third kappa shape index (κ3) is 4.95. The highest BCUT2D eigenvalue weighted by Crippen LogP contribution is 2.42. The van der Waals surface area contributed by atoms with Gasteiger partial charge in [-0.1, -0.05) is 20.8 Å². The summed E-state index contributed by atoms with van der Waals surface area (Å²) in [5.41, 5.74) is 1.12. The minimum absolute atomic E-state index is 0.0734. The molecule has 0 aliphatic heterocycles. The van der Waals surface area contributed by atoms with E-state index in [1.807, 2.05) is 6.92 Å². The van der Waals surface area contributed by atoms with E-state index >= 15 is 0 Å². The van der Waals surface area contributed by atoms with E-state index in [1.54, 1.807) is 0 Å². The topological polar surface area (TPSA) is 47.0 Å². The minimum Gasteiger partial charge on any atom is -0.370 e. The molecule has 1 aromatic rings. The Labute approximate surface area is 128 Å². The summed E-state index contributed by atoms with van der Waals surface area (Å²) in [5.74, 6) is 3.02. The van der Waals surface area contributed by atoms with Gasteiger partial charge in [-0.15, -0.1) is 0 Å². The molecule has 1 heterocycles. The zero-order valence-electron chi connectivity index (χ0n) is 13.9. The van der Waals surface area contributed by atoms with Crippen LogP contribution in [0.2, 0.25) is 0 Å². The molecule has 0 spiro atoms. The maximum Gasteiger partial charge on any atom is 0.160 e. The number of nitrogens with one attached hydrogen (secondary N) is 1. The third-order valence-corrected chi connectivity index (χ3v) is 3.62. The molecule has 1 N–H and O–H groups in total. The lowest BCUT2D eigenvalue weighted by Crippen LogP contribution is -2.15. The number of nitrogens with zero attached hydrogens (tertiary/aromatic N) is 2. The van der Waals surface area contributed by atoms with Crippen LogP contribution in [0.1, 0.15) is 64.6 Å². The first-order chi connectivity index (χ1) is 10.1. The zero-order chi connectivity index (χ0) is 15.2. The fourth-order valence-electron chi connectivity index (χ4n) is 2.51. The van der Waals surface area contributed by atoms with Gasteiger partial charge in [-0.3, -0.25) is 0 Å². The maximum absolute atomic E-state index is 5.92. The summed E-state index contributed by atoms with van der Waals surface area (Å²) in [6, 6.07) is 2.09. The van der Waals surface area contributed by atoms with E-state index in [1.165, 1.54) is 12.8 Å². The van der Waals surface area contributed by atoms with Crippen LogP contribution in [0, 0.1) is 11.8 Å². The van der Waals surface area contributed by atoms with Crippen molar-refractivity contribution in [3.8, 4) is 0 Å². The number of hydrogen-bond donors (Lipinski definition) is 1. The van der Waals surface area contributed by atoms with Crippen LogP contribution in [0.4, 0.5) is 5.82 Å². The Morgan fingerprint density at radius 1 is 1.29 bits per heavy atom. The molecule has 1 unspecified atom stereocenters. The molecule has 4 heteroatoms. The first kappa shape index (κ1) is 16.2. The fourth-order valence-corrected chi connectivity index (χ4v) is 2.51. The van der Waals surface area contributed by atoms with Crippen LogP contribution in [0.25, 0.3) is 0 Å². The summed E-state index contributed by atoms with van der Waals surface area (Å²) in [5, 5.41) is 3.40. The molecular formula is C17H29N3O. The largest absolute Gasteiger partial charge is 0.370 e. The van der Waals surface area contributed by atoms with Gasteiger partial charge in [0.25, 0.3) is 0 Å². The van der Waals surface area contributed by atoms with Gasteiger partial charge in [-0.2, -0.15) is 0 Å². The van der Waals surface area contributed by atoms with Crippen molar-refractivity contribution in [3.63, 3.8) is 0 Å². The molecule has 0 bridgehead atoms. The molecule has 1 saturated carbocycles. The van der Waals surface area contributed by atoms with Crippen molar-refractivity contribution in [1.29, 1.82) is 0 Å². The summed E-state index contributed by atoms with van der Waals surface area (Å²) in [6.07, 6.45) is 4.63. The highest BCUT2D eigenvalue weighted by atomic mass is 16.5. The SMILES string of the molecule is CCCNc1cc(CC(C)C)nc(C(OCC)C2CC2)n1. The first-order valence-corrected chi connectivity index (χ1v) is 8.37. The molecule has 1 fully saturated rings. The minimum atomic E-state index is 0.0734. The predicted molar refractivity (Wildman–Crippen MR) is 86.4 cm³/mol. The molecule has 1 aliphatic rings. The molecule has 1 aliphatic carbocycles. The van der Waals surface area contributed by atoms with Gasteiger partial charge in [0, 0.05) is 24.9 Å². The monoisotopic (exact) mass is 291 g/mol. The van der Waals surface area contributed by atoms with Crippen molar-refractivity contribution >= 4 is 5.82 Å². The molecule has 21 heavy (non-hydrogen) atoms. The van der Waals surface area contributed by atoms with E-state index in [9.17, 15) is 0 Å². The van der Waals surface area contributed by atoms with Crippen LogP contribution in [-0.2, 0) is 11.2 Å². The highest BCUT2D eigenvalue weighted by molar-refractivity contribution is 5.36. The van der Waals surface area contributed by atoms with Gasteiger partial charge < -0.3 is 10.1 Å². The third-order valence-electron chi connectivity index (χ3n) is 3.62. The number of rotatable bonds is 9. The second-order valence-corrected chi connectivity index (χ2v) is 6.34. The van der Waals surface area contributed by atoms with Crippen molar-refractivity contribution in [3.05, 3.63) is 17.6 Å². The molecule has 0 aromatic carbocycles. The lowest BCUT2D eigenvalue weighted by Gasteiger charge is -2.18. The average molecular weight is 291 g/mol. The van der Waals surface area contributed by atoms with Crippen LogP contribution < -0.4 is 5.32 Å². The van der Waals surface area contributed by atoms with Gasteiger partial charge in [0.1, 0.15) is 11.9 Å². The van der Waals surface area contributed by atoms with Gasteiger partial charge >= 0.3 is 0 Å². The van der Waals surface area contributed by atoms with Gasteiger partial charge in [0.15, 0.2) is 5.82 Å². The molecule has 118 valence electrons. The number of anilines is 1. The summed E-state index contributed by atoms with van der Waals surface area (Å²) >= 11 is 0. The standard InChI is InChI=1S/C17H29N3O/c1-5-9-18-15-11-14(10-12(3)4)19-17(20-15)16(21-6-2)13-7-8-13/h11-13,16H,5-10H2,1-4H3,(H,18,19,20). The van der Waals surface area contributed by atoms with Crippen LogP contribution >= 0.6 is 0 Å². The Morgan fingerprint density at radius 2 is 2.05 bits per heavy atom. The van der Waals surface area contributed by atoms with Crippen molar-refractivity contribution in [2.24, 2.45) is 11.8 Å². The summed E-state index contributed by atoms with van der Waals surface area (Å²) < 4.78 is 5.92. The van der Waals surface area contributed by atoms with E-state index < -0.39 is 0 Å². The Balaban J connectivity index is 2.23. The second-order valence-electron chi connectivity index (χ2n) is 6.34. The second kappa shape index (κ2) is 7.74. The van der Waals surface area contributed by atoms with Crippen LogP contribution in [0.15, 0.2) is 6.07 Å². The van der Waals surface area contributed by atoms with Gasteiger partial charge in [-0.25, -0.2) is 9.97 Å². The van der Waals surface area contributed by atoms with Crippen LogP contribution in [0.3, 0.4) is 0 Å². The molecule has 0 radical (unpaired) electrons. The molecule has 4 nitrogen and oxygen atoms in total. The molecule has 1 aromatic heterocycles. The van der Waals surface area contributed by atoms with Crippen molar-refractivity contribution in [1.82, 2.24) is 9.97 Å². The van der Waals surface area contributed by atoms with Gasteiger partial charge in [0.2, 0.25) is 0 Å². The first-order valence-electron chi connectivity index (χ1n) is 8.37. The Morgan fingerprint density at radius 3 is 2.62 bits per heavy atom. The Hall–Kier alpha value is -1.16. The molecule has 2 rings (SSSR count). The van der Waals surface area contributed by atoms with Crippen molar-refractivity contribution in [2.75, 3.05) is 18.5 Å². The molecule has 0 saturated heterocycles. The average Bonchev–Trinajstić information content (AvgIpc) is 3.26. The molecular weight excluding hydrogens is 262 g/mol. The lowest BCUT2D eigenvalue weighted by molar-refractivity contribution is 0.0399. The molecule has 0 amide bonds. The van der Waals surface area contributed by atoms with E-state index in [0.717, 1.165) is 43.3 Å². The quantitative estimate of drug-likeness (QED) is 0.747. The van der Waals surface area contributed by atoms with Gasteiger partial charge in [0.05, 0.1) is 0 Å². The maximum atomic E-state index is 5.92. The van der Waals surface area contributed by atoms with Crippen LogP contribution in [-0.4, -0.2) is 23.1 Å². The summed E-state index contributed by atoms with van der Waals surface area (Å²) in [7, 11) is 0. The summed E-state index contributed by atoms with van der Waals surface area (Å²) in [4.78, 5) is 9.50. The Kier molecular flexibility index (Phi) is 5.97. The number of hydrogen-bond acceptors (Lipinski definition) is 4. The fraction of sp³-hybridized carbons (Fsp3) is 0.765. The number of ether oxygens (including phenoxy) is 1. The van der Waals surface area contributed by atoms with E-state index in [2.05, 4.69) is 32.2 Å². The zero-order valence-corrected chi connectivity index (χ0v) is 13.9. The molecule has 1 atom stereocenters.